The highest BCUT2D eigenvalue weighted by molar-refractivity contribution is 6.32. The third-order valence-electron chi connectivity index (χ3n) is 3.32. The lowest BCUT2D eigenvalue weighted by molar-refractivity contribution is 0.182. The largest absolute Gasteiger partial charge is 0.489 e. The molecule has 0 spiro atoms. The van der Waals surface area contributed by atoms with E-state index in [0.717, 1.165) is 41.2 Å². The predicted octanol–water partition coefficient (Wildman–Crippen LogP) is 4.03. The molecular formula is C14H16ClNO. The summed E-state index contributed by atoms with van der Waals surface area (Å²) in [6.45, 7) is 3.94. The second-order valence-corrected chi connectivity index (χ2v) is 5.07. The summed E-state index contributed by atoms with van der Waals surface area (Å²) in [5.74, 6) is 0.864. The van der Waals surface area contributed by atoms with Crippen molar-refractivity contribution in [2.75, 3.05) is 0 Å². The van der Waals surface area contributed by atoms with Gasteiger partial charge in [0.15, 0.2) is 0 Å². The summed E-state index contributed by atoms with van der Waals surface area (Å²) >= 11 is 6.11. The van der Waals surface area contributed by atoms with Gasteiger partial charge in [0.25, 0.3) is 0 Å². The van der Waals surface area contributed by atoms with Gasteiger partial charge in [0.05, 0.1) is 12.0 Å². The Morgan fingerprint density at radius 2 is 1.94 bits per heavy atom. The molecule has 1 aromatic carbocycles. The molecule has 0 amide bonds. The van der Waals surface area contributed by atoms with Crippen LogP contribution in [0.1, 0.15) is 30.4 Å². The van der Waals surface area contributed by atoms with Crippen LogP contribution in [-0.4, -0.2) is 6.10 Å². The SMILES string of the molecule is Cc1cc(OC2CCCC2C#N)cc(C)c1Cl. The average molecular weight is 250 g/mol. The zero-order valence-corrected chi connectivity index (χ0v) is 10.9. The van der Waals surface area contributed by atoms with Crippen molar-refractivity contribution in [3.8, 4) is 11.8 Å². The molecule has 0 bridgehead atoms. The number of benzene rings is 1. The summed E-state index contributed by atoms with van der Waals surface area (Å²) in [7, 11) is 0. The summed E-state index contributed by atoms with van der Waals surface area (Å²) in [6.07, 6.45) is 3.04. The van der Waals surface area contributed by atoms with E-state index in [2.05, 4.69) is 6.07 Å². The maximum Gasteiger partial charge on any atom is 0.120 e. The number of ether oxygens (including phenoxy) is 1. The van der Waals surface area contributed by atoms with E-state index in [1.807, 2.05) is 26.0 Å². The van der Waals surface area contributed by atoms with Crippen molar-refractivity contribution in [1.29, 1.82) is 5.26 Å². The van der Waals surface area contributed by atoms with Crippen molar-refractivity contribution in [3.63, 3.8) is 0 Å². The fourth-order valence-electron chi connectivity index (χ4n) is 2.36. The average Bonchev–Trinajstić information content (AvgIpc) is 2.73. The van der Waals surface area contributed by atoms with Crippen molar-refractivity contribution < 1.29 is 4.74 Å². The number of nitriles is 1. The molecule has 2 unspecified atom stereocenters. The van der Waals surface area contributed by atoms with E-state index in [-0.39, 0.29) is 12.0 Å². The van der Waals surface area contributed by atoms with Crippen molar-refractivity contribution in [1.82, 2.24) is 0 Å². The summed E-state index contributed by atoms with van der Waals surface area (Å²) < 4.78 is 5.91. The van der Waals surface area contributed by atoms with Crippen LogP contribution >= 0.6 is 11.6 Å². The van der Waals surface area contributed by atoms with E-state index >= 15 is 0 Å². The number of hydrogen-bond donors (Lipinski definition) is 0. The van der Waals surface area contributed by atoms with Crippen LogP contribution in [0.25, 0.3) is 0 Å². The van der Waals surface area contributed by atoms with Crippen molar-refractivity contribution >= 4 is 11.6 Å². The molecule has 1 saturated carbocycles. The second-order valence-electron chi connectivity index (χ2n) is 4.69. The van der Waals surface area contributed by atoms with Crippen LogP contribution in [-0.2, 0) is 0 Å². The van der Waals surface area contributed by atoms with E-state index in [0.29, 0.717) is 0 Å². The van der Waals surface area contributed by atoms with Gasteiger partial charge in [-0.15, -0.1) is 0 Å². The minimum absolute atomic E-state index is 0.0336. The van der Waals surface area contributed by atoms with Crippen molar-refractivity contribution in [3.05, 3.63) is 28.3 Å². The van der Waals surface area contributed by atoms with Gasteiger partial charge in [-0.3, -0.25) is 0 Å². The van der Waals surface area contributed by atoms with E-state index in [9.17, 15) is 0 Å². The first-order chi connectivity index (χ1) is 8.11. The standard InChI is InChI=1S/C14H16ClNO/c1-9-6-12(7-10(2)14(9)15)17-13-5-3-4-11(13)8-16/h6-7,11,13H,3-5H2,1-2H3. The molecule has 2 nitrogen and oxygen atoms in total. The molecule has 17 heavy (non-hydrogen) atoms. The van der Waals surface area contributed by atoms with Crippen LogP contribution in [0, 0.1) is 31.1 Å². The van der Waals surface area contributed by atoms with Crippen molar-refractivity contribution in [2.45, 2.75) is 39.2 Å². The maximum absolute atomic E-state index is 9.02. The smallest absolute Gasteiger partial charge is 0.120 e. The Hall–Kier alpha value is -1.20. The number of aryl methyl sites for hydroxylation is 2. The number of halogens is 1. The molecule has 0 radical (unpaired) electrons. The maximum atomic E-state index is 9.02. The first-order valence-electron chi connectivity index (χ1n) is 5.95. The van der Waals surface area contributed by atoms with Crippen molar-refractivity contribution in [2.24, 2.45) is 5.92 Å². The third-order valence-corrected chi connectivity index (χ3v) is 3.91. The molecule has 0 aliphatic heterocycles. The highest BCUT2D eigenvalue weighted by atomic mass is 35.5. The Balaban J connectivity index is 2.17. The van der Waals surface area contributed by atoms with Crippen LogP contribution in [0.2, 0.25) is 5.02 Å². The van der Waals surface area contributed by atoms with Crippen LogP contribution in [0.4, 0.5) is 0 Å². The molecular weight excluding hydrogens is 234 g/mol. The van der Waals surface area contributed by atoms with Crippen LogP contribution in [0.3, 0.4) is 0 Å². The minimum atomic E-state index is 0.0336. The van der Waals surface area contributed by atoms with E-state index < -0.39 is 0 Å². The molecule has 0 saturated heterocycles. The van der Waals surface area contributed by atoms with Crippen LogP contribution < -0.4 is 4.74 Å². The van der Waals surface area contributed by atoms with Gasteiger partial charge in [-0.25, -0.2) is 0 Å². The lowest BCUT2D eigenvalue weighted by Crippen LogP contribution is -2.20. The number of nitrogens with zero attached hydrogens (tertiary/aromatic N) is 1. The Labute approximate surface area is 107 Å². The fourth-order valence-corrected chi connectivity index (χ4v) is 2.47. The molecule has 0 N–H and O–H groups in total. The summed E-state index contributed by atoms with van der Waals surface area (Å²) in [4.78, 5) is 0. The van der Waals surface area contributed by atoms with Gasteiger partial charge in [0, 0.05) is 5.02 Å². The Morgan fingerprint density at radius 3 is 2.53 bits per heavy atom. The molecule has 1 aliphatic rings. The van der Waals surface area contributed by atoms with E-state index in [1.54, 1.807) is 0 Å². The van der Waals surface area contributed by atoms with E-state index in [1.165, 1.54) is 0 Å². The summed E-state index contributed by atoms with van der Waals surface area (Å²) in [6, 6.07) is 6.22. The monoisotopic (exact) mass is 249 g/mol. The quantitative estimate of drug-likeness (QED) is 0.793. The van der Waals surface area contributed by atoms with Crippen LogP contribution in [0.15, 0.2) is 12.1 Å². The first kappa shape index (κ1) is 12.3. The zero-order chi connectivity index (χ0) is 12.4. The van der Waals surface area contributed by atoms with Gasteiger partial charge in [-0.2, -0.15) is 5.26 Å². The predicted molar refractivity (Wildman–Crippen MR) is 68.3 cm³/mol. The van der Waals surface area contributed by atoms with Gasteiger partial charge in [0.2, 0.25) is 0 Å². The Morgan fingerprint density at radius 1 is 1.29 bits per heavy atom. The van der Waals surface area contributed by atoms with Gasteiger partial charge in [-0.05, 0) is 56.4 Å². The minimum Gasteiger partial charge on any atom is -0.489 e. The molecule has 2 atom stereocenters. The lowest BCUT2D eigenvalue weighted by atomic mass is 10.1. The number of hydrogen-bond acceptors (Lipinski definition) is 2. The molecule has 2 rings (SSSR count). The van der Waals surface area contributed by atoms with Crippen LogP contribution in [0.5, 0.6) is 5.75 Å². The lowest BCUT2D eigenvalue weighted by Gasteiger charge is -2.17. The molecule has 1 aliphatic carbocycles. The zero-order valence-electron chi connectivity index (χ0n) is 10.2. The van der Waals surface area contributed by atoms with Gasteiger partial charge in [0.1, 0.15) is 11.9 Å². The Kier molecular flexibility index (Phi) is 3.59. The van der Waals surface area contributed by atoms with Gasteiger partial charge < -0.3 is 4.74 Å². The fraction of sp³-hybridized carbons (Fsp3) is 0.500. The third kappa shape index (κ3) is 2.56. The molecule has 1 fully saturated rings. The number of rotatable bonds is 2. The highest BCUT2D eigenvalue weighted by Gasteiger charge is 2.28. The summed E-state index contributed by atoms with van der Waals surface area (Å²) in [5, 5.41) is 9.81. The Bertz CT molecular complexity index is 441. The van der Waals surface area contributed by atoms with Gasteiger partial charge >= 0.3 is 0 Å². The molecule has 3 heteroatoms. The summed E-state index contributed by atoms with van der Waals surface area (Å²) in [5.41, 5.74) is 2.04. The molecule has 0 heterocycles. The molecule has 1 aromatic rings. The molecule has 90 valence electrons. The van der Waals surface area contributed by atoms with Gasteiger partial charge in [-0.1, -0.05) is 11.6 Å². The second kappa shape index (κ2) is 4.98. The normalized spacial score (nSPS) is 23.4. The first-order valence-corrected chi connectivity index (χ1v) is 6.32. The highest BCUT2D eigenvalue weighted by Crippen LogP contribution is 2.32. The van der Waals surface area contributed by atoms with E-state index in [4.69, 9.17) is 21.6 Å². The molecule has 0 aromatic heterocycles. The topological polar surface area (TPSA) is 33.0 Å².